The number of carbonyl (C=O) groups is 1. The molecule has 0 aliphatic rings. The first-order valence-electron chi connectivity index (χ1n) is 6.13. The van der Waals surface area contributed by atoms with Crippen LogP contribution >= 0.6 is 11.6 Å². The fraction of sp³-hybridized carbons (Fsp3) is 0.429. The molecule has 1 aromatic rings. The summed E-state index contributed by atoms with van der Waals surface area (Å²) in [6, 6.07) is 6.37. The number of halogens is 2. The average molecular weight is 283 g/mol. The van der Waals surface area contributed by atoms with Gasteiger partial charge in [0.05, 0.1) is 12.5 Å². The molecular formula is C14H16ClFN2O. The molecule has 0 aliphatic carbocycles. The van der Waals surface area contributed by atoms with Crippen LogP contribution in [0.15, 0.2) is 18.2 Å². The van der Waals surface area contributed by atoms with Gasteiger partial charge in [-0.2, -0.15) is 5.26 Å². The van der Waals surface area contributed by atoms with Crippen LogP contribution in [0.25, 0.3) is 0 Å². The van der Waals surface area contributed by atoms with E-state index >= 15 is 0 Å². The smallest absolute Gasteiger partial charge is 0.225 e. The van der Waals surface area contributed by atoms with Crippen molar-refractivity contribution in [3.05, 3.63) is 34.6 Å². The van der Waals surface area contributed by atoms with E-state index in [-0.39, 0.29) is 17.0 Å². The lowest BCUT2D eigenvalue weighted by Gasteiger charge is -2.25. The Morgan fingerprint density at radius 3 is 2.58 bits per heavy atom. The lowest BCUT2D eigenvalue weighted by atomic mass is 9.94. The van der Waals surface area contributed by atoms with Crippen molar-refractivity contribution in [3.8, 4) is 6.07 Å². The Bertz CT molecular complexity index is 486. The summed E-state index contributed by atoms with van der Waals surface area (Å²) < 4.78 is 13.6. The minimum Gasteiger partial charge on any atom is -0.338 e. The summed E-state index contributed by atoms with van der Waals surface area (Å²) in [6.45, 7) is 3.64. The maximum atomic E-state index is 13.6. The number of rotatable bonds is 5. The van der Waals surface area contributed by atoms with Crippen molar-refractivity contribution >= 4 is 17.5 Å². The molecule has 0 fully saturated rings. The van der Waals surface area contributed by atoms with Crippen LogP contribution in [0.2, 0.25) is 5.02 Å². The van der Waals surface area contributed by atoms with E-state index < -0.39 is 17.3 Å². The molecule has 0 bridgehead atoms. The van der Waals surface area contributed by atoms with Crippen molar-refractivity contribution in [2.75, 3.05) is 0 Å². The minimum atomic E-state index is -0.894. The second-order valence-electron chi connectivity index (χ2n) is 4.33. The molecule has 0 radical (unpaired) electrons. The summed E-state index contributed by atoms with van der Waals surface area (Å²) in [5.41, 5.74) is -0.741. The maximum absolute atomic E-state index is 13.6. The molecule has 1 rings (SSSR count). The number of hydrogen-bond acceptors (Lipinski definition) is 2. The van der Waals surface area contributed by atoms with Gasteiger partial charge >= 0.3 is 0 Å². The first-order valence-corrected chi connectivity index (χ1v) is 6.51. The highest BCUT2D eigenvalue weighted by Gasteiger charge is 2.28. The molecule has 3 nitrogen and oxygen atoms in total. The molecule has 0 heterocycles. The van der Waals surface area contributed by atoms with Gasteiger partial charge in [0.2, 0.25) is 5.91 Å². The Hall–Kier alpha value is -1.60. The van der Waals surface area contributed by atoms with Crippen LogP contribution in [0.5, 0.6) is 0 Å². The van der Waals surface area contributed by atoms with E-state index in [4.69, 9.17) is 16.9 Å². The van der Waals surface area contributed by atoms with Gasteiger partial charge in [0.25, 0.3) is 0 Å². The molecule has 102 valence electrons. The molecule has 0 unspecified atom stereocenters. The van der Waals surface area contributed by atoms with Crippen molar-refractivity contribution in [3.63, 3.8) is 0 Å². The number of nitrogens with one attached hydrogen (secondary N) is 1. The second-order valence-corrected chi connectivity index (χ2v) is 4.73. The summed E-state index contributed by atoms with van der Waals surface area (Å²) >= 11 is 5.86. The lowest BCUT2D eigenvalue weighted by Crippen LogP contribution is -2.47. The Balaban J connectivity index is 2.84. The van der Waals surface area contributed by atoms with E-state index in [0.717, 1.165) is 0 Å². The molecular weight excluding hydrogens is 267 g/mol. The summed E-state index contributed by atoms with van der Waals surface area (Å²) in [5.74, 6) is -0.921. The second kappa shape index (κ2) is 6.53. The lowest BCUT2D eigenvalue weighted by molar-refractivity contribution is -0.121. The van der Waals surface area contributed by atoms with E-state index in [0.29, 0.717) is 12.8 Å². The third-order valence-electron chi connectivity index (χ3n) is 3.20. The fourth-order valence-electron chi connectivity index (χ4n) is 1.79. The summed E-state index contributed by atoms with van der Waals surface area (Å²) in [7, 11) is 0. The zero-order chi connectivity index (χ0) is 14.5. The van der Waals surface area contributed by atoms with Gasteiger partial charge in [-0.25, -0.2) is 4.39 Å². The fourth-order valence-corrected chi connectivity index (χ4v) is 2.02. The van der Waals surface area contributed by atoms with Gasteiger partial charge in [-0.3, -0.25) is 4.79 Å². The van der Waals surface area contributed by atoms with E-state index in [9.17, 15) is 9.18 Å². The normalized spacial score (nSPS) is 10.9. The van der Waals surface area contributed by atoms with Crippen LogP contribution < -0.4 is 5.32 Å². The van der Waals surface area contributed by atoms with Gasteiger partial charge < -0.3 is 5.32 Å². The van der Waals surface area contributed by atoms with E-state index in [2.05, 4.69) is 11.4 Å². The van der Waals surface area contributed by atoms with Gasteiger partial charge in [-0.05, 0) is 25.0 Å². The number of amides is 1. The predicted molar refractivity (Wildman–Crippen MR) is 72.2 cm³/mol. The van der Waals surface area contributed by atoms with E-state index in [1.165, 1.54) is 18.2 Å². The van der Waals surface area contributed by atoms with Crippen LogP contribution in [0, 0.1) is 17.1 Å². The first-order chi connectivity index (χ1) is 8.98. The molecule has 0 aliphatic heterocycles. The first kappa shape index (κ1) is 15.5. The quantitative estimate of drug-likeness (QED) is 0.901. The molecule has 0 spiro atoms. The van der Waals surface area contributed by atoms with Gasteiger partial charge in [-0.15, -0.1) is 0 Å². The molecule has 19 heavy (non-hydrogen) atoms. The molecule has 1 N–H and O–H groups in total. The predicted octanol–water partition coefficient (Wildman–Crippen LogP) is 3.22. The van der Waals surface area contributed by atoms with Crippen LogP contribution in [0.4, 0.5) is 4.39 Å². The van der Waals surface area contributed by atoms with Crippen LogP contribution in [0.3, 0.4) is 0 Å². The van der Waals surface area contributed by atoms with Gasteiger partial charge in [0.15, 0.2) is 0 Å². The Kier molecular flexibility index (Phi) is 5.31. The van der Waals surface area contributed by atoms with E-state index in [1.807, 2.05) is 13.8 Å². The maximum Gasteiger partial charge on any atom is 0.225 e. The molecule has 0 saturated carbocycles. The molecule has 0 aromatic heterocycles. The Morgan fingerprint density at radius 1 is 1.47 bits per heavy atom. The van der Waals surface area contributed by atoms with Crippen molar-refractivity contribution < 1.29 is 9.18 Å². The molecule has 0 saturated heterocycles. The summed E-state index contributed by atoms with van der Waals surface area (Å²) in [5, 5.41) is 12.0. The van der Waals surface area contributed by atoms with Crippen LogP contribution in [-0.4, -0.2) is 11.4 Å². The third kappa shape index (κ3) is 3.68. The summed E-state index contributed by atoms with van der Waals surface area (Å²) in [4.78, 5) is 11.9. The van der Waals surface area contributed by atoms with Gasteiger partial charge in [0, 0.05) is 10.6 Å². The molecule has 0 atom stereocenters. The highest BCUT2D eigenvalue weighted by Crippen LogP contribution is 2.20. The number of carbonyl (C=O) groups excluding carboxylic acids is 1. The SMILES string of the molecule is CCC(C#N)(CC)NC(=O)Cc1c(F)cccc1Cl. The van der Waals surface area contributed by atoms with Crippen molar-refractivity contribution in [2.24, 2.45) is 0 Å². The van der Waals surface area contributed by atoms with Gasteiger partial charge in [-0.1, -0.05) is 31.5 Å². The standard InChI is InChI=1S/C14H16ClFN2O/c1-3-14(4-2,9-17)18-13(19)8-10-11(15)6-5-7-12(10)16/h5-7H,3-4,8H2,1-2H3,(H,18,19). The zero-order valence-corrected chi connectivity index (χ0v) is 11.7. The van der Waals surface area contributed by atoms with Crippen molar-refractivity contribution in [1.29, 1.82) is 5.26 Å². The monoisotopic (exact) mass is 282 g/mol. The highest BCUT2D eigenvalue weighted by atomic mass is 35.5. The zero-order valence-electron chi connectivity index (χ0n) is 11.0. The van der Waals surface area contributed by atoms with Gasteiger partial charge in [0.1, 0.15) is 11.4 Å². The average Bonchev–Trinajstić information content (AvgIpc) is 2.41. The van der Waals surface area contributed by atoms with Crippen LogP contribution in [0.1, 0.15) is 32.3 Å². The number of hydrogen-bond donors (Lipinski definition) is 1. The highest BCUT2D eigenvalue weighted by molar-refractivity contribution is 6.31. The van der Waals surface area contributed by atoms with Crippen LogP contribution in [-0.2, 0) is 11.2 Å². The topological polar surface area (TPSA) is 52.9 Å². The molecule has 1 aromatic carbocycles. The van der Waals surface area contributed by atoms with E-state index in [1.54, 1.807) is 0 Å². The van der Waals surface area contributed by atoms with Crippen molar-refractivity contribution in [1.82, 2.24) is 5.32 Å². The number of nitriles is 1. The Morgan fingerprint density at radius 2 is 2.11 bits per heavy atom. The third-order valence-corrected chi connectivity index (χ3v) is 3.55. The summed E-state index contributed by atoms with van der Waals surface area (Å²) in [6.07, 6.45) is 0.822. The molecule has 1 amide bonds. The number of benzene rings is 1. The molecule has 5 heteroatoms. The Labute approximate surface area is 117 Å². The number of nitrogens with zero attached hydrogens (tertiary/aromatic N) is 1. The minimum absolute atomic E-state index is 0.153. The van der Waals surface area contributed by atoms with Crippen molar-refractivity contribution in [2.45, 2.75) is 38.6 Å². The largest absolute Gasteiger partial charge is 0.338 e.